The number of aromatic nitrogens is 1. The van der Waals surface area contributed by atoms with E-state index in [9.17, 15) is 9.59 Å². The summed E-state index contributed by atoms with van der Waals surface area (Å²) in [7, 11) is 1.59. The first-order valence-electron chi connectivity index (χ1n) is 7.49. The molecule has 1 aromatic heterocycles. The number of nitrogens with one attached hydrogen (secondary N) is 2. The van der Waals surface area contributed by atoms with Gasteiger partial charge in [0, 0.05) is 24.0 Å². The molecule has 0 aliphatic carbocycles. The Bertz CT molecular complexity index is 756. The van der Waals surface area contributed by atoms with E-state index in [1.54, 1.807) is 49.8 Å². The number of carbonyl (C=O) groups excluding carboxylic acids is 2. The van der Waals surface area contributed by atoms with Crippen molar-refractivity contribution in [1.29, 1.82) is 0 Å². The van der Waals surface area contributed by atoms with Gasteiger partial charge in [0.05, 0.1) is 19.9 Å². The maximum Gasteiger partial charge on any atom is 0.259 e. The van der Waals surface area contributed by atoms with Crippen LogP contribution in [0, 0.1) is 0 Å². The lowest BCUT2D eigenvalue weighted by Gasteiger charge is -2.01. The predicted molar refractivity (Wildman–Crippen MR) is 95.0 cm³/mol. The molecule has 0 saturated carbocycles. The number of benzene rings is 1. The molecule has 0 bridgehead atoms. The van der Waals surface area contributed by atoms with Gasteiger partial charge in [0.15, 0.2) is 0 Å². The van der Waals surface area contributed by atoms with Gasteiger partial charge in [0.1, 0.15) is 5.75 Å². The lowest BCUT2D eigenvalue weighted by Crippen LogP contribution is -2.34. The molecule has 0 aliphatic heterocycles. The molecule has 0 saturated heterocycles. The maximum atomic E-state index is 11.7. The summed E-state index contributed by atoms with van der Waals surface area (Å²) in [6, 6.07) is 10.8. The molecule has 0 unspecified atom stereocenters. The smallest absolute Gasteiger partial charge is 0.259 e. The van der Waals surface area contributed by atoms with Crippen molar-refractivity contribution < 1.29 is 14.3 Å². The van der Waals surface area contributed by atoms with Crippen LogP contribution in [-0.4, -0.2) is 36.7 Å². The molecule has 0 radical (unpaired) electrons. The zero-order chi connectivity index (χ0) is 17.9. The molecule has 2 aromatic rings. The molecule has 2 amide bonds. The fourth-order valence-corrected chi connectivity index (χ4v) is 1.78. The van der Waals surface area contributed by atoms with Crippen LogP contribution in [0.4, 0.5) is 0 Å². The average Bonchev–Trinajstić information content (AvgIpc) is 2.66. The molecular weight excluding hydrogens is 320 g/mol. The van der Waals surface area contributed by atoms with Gasteiger partial charge in [-0.1, -0.05) is 18.2 Å². The Morgan fingerprint density at radius 2 is 2.00 bits per heavy atom. The molecular formula is C18H18N4O3. The van der Waals surface area contributed by atoms with Gasteiger partial charge in [-0.25, -0.2) is 5.43 Å². The molecule has 7 nitrogen and oxygen atoms in total. The van der Waals surface area contributed by atoms with E-state index in [2.05, 4.69) is 20.8 Å². The number of pyridine rings is 1. The summed E-state index contributed by atoms with van der Waals surface area (Å²) >= 11 is 0. The van der Waals surface area contributed by atoms with E-state index in [4.69, 9.17) is 4.74 Å². The molecule has 0 spiro atoms. The third-order valence-corrected chi connectivity index (χ3v) is 3.05. The molecule has 0 fully saturated rings. The zero-order valence-corrected chi connectivity index (χ0v) is 13.7. The lowest BCUT2D eigenvalue weighted by atomic mass is 10.2. The van der Waals surface area contributed by atoms with Crippen LogP contribution in [0.3, 0.4) is 0 Å². The van der Waals surface area contributed by atoms with Gasteiger partial charge in [-0.3, -0.25) is 14.6 Å². The fourth-order valence-electron chi connectivity index (χ4n) is 1.78. The molecule has 128 valence electrons. The van der Waals surface area contributed by atoms with Crippen LogP contribution in [0.2, 0.25) is 0 Å². The fraction of sp³-hybridized carbons (Fsp3) is 0.111. The minimum atomic E-state index is -0.425. The summed E-state index contributed by atoms with van der Waals surface area (Å²) in [5.74, 6) is -0.0568. The van der Waals surface area contributed by atoms with Gasteiger partial charge in [-0.2, -0.15) is 5.10 Å². The molecule has 1 aromatic carbocycles. The van der Waals surface area contributed by atoms with Gasteiger partial charge >= 0.3 is 0 Å². The first-order valence-corrected chi connectivity index (χ1v) is 7.49. The van der Waals surface area contributed by atoms with E-state index in [0.29, 0.717) is 0 Å². The Kier molecular flexibility index (Phi) is 6.87. The third kappa shape index (κ3) is 6.66. The monoisotopic (exact) mass is 338 g/mol. The second-order valence-corrected chi connectivity index (χ2v) is 4.90. The average molecular weight is 338 g/mol. The van der Waals surface area contributed by atoms with Crippen molar-refractivity contribution in [3.8, 4) is 5.75 Å². The number of hydrazone groups is 1. The topological polar surface area (TPSA) is 92.7 Å². The molecule has 25 heavy (non-hydrogen) atoms. The molecule has 2 rings (SSSR count). The predicted octanol–water partition coefficient (Wildman–Crippen LogP) is 1.37. The number of methoxy groups -OCH3 is 1. The summed E-state index contributed by atoms with van der Waals surface area (Å²) in [5, 5.41) is 6.26. The van der Waals surface area contributed by atoms with E-state index >= 15 is 0 Å². The minimum absolute atomic E-state index is 0.170. The Balaban J connectivity index is 1.72. The highest BCUT2D eigenvalue weighted by Crippen LogP contribution is 2.12. The summed E-state index contributed by atoms with van der Waals surface area (Å²) < 4.78 is 5.06. The van der Waals surface area contributed by atoms with E-state index in [-0.39, 0.29) is 12.5 Å². The Morgan fingerprint density at radius 1 is 1.20 bits per heavy atom. The van der Waals surface area contributed by atoms with Crippen LogP contribution in [0.25, 0.3) is 6.08 Å². The summed E-state index contributed by atoms with van der Waals surface area (Å²) in [6.45, 7) is -0.170. The molecule has 0 aliphatic rings. The van der Waals surface area contributed by atoms with Crippen LogP contribution in [0.15, 0.2) is 60.0 Å². The van der Waals surface area contributed by atoms with Crippen LogP contribution in [-0.2, 0) is 9.59 Å². The number of amides is 2. The molecule has 0 atom stereocenters. The van der Waals surface area contributed by atoms with Crippen molar-refractivity contribution in [1.82, 2.24) is 15.7 Å². The largest absolute Gasteiger partial charge is 0.497 e. The van der Waals surface area contributed by atoms with Gasteiger partial charge in [0.25, 0.3) is 5.91 Å². The van der Waals surface area contributed by atoms with E-state index < -0.39 is 5.91 Å². The Hall–Kier alpha value is -3.48. The van der Waals surface area contributed by atoms with E-state index in [1.807, 2.05) is 12.1 Å². The first-order chi connectivity index (χ1) is 12.2. The third-order valence-electron chi connectivity index (χ3n) is 3.05. The number of nitrogens with zero attached hydrogens (tertiary/aromatic N) is 2. The number of rotatable bonds is 7. The van der Waals surface area contributed by atoms with Crippen molar-refractivity contribution in [2.75, 3.05) is 13.7 Å². The number of hydrogen-bond acceptors (Lipinski definition) is 5. The minimum Gasteiger partial charge on any atom is -0.497 e. The number of carbonyl (C=O) groups is 2. The second kappa shape index (κ2) is 9.61. The number of ether oxygens (including phenoxy) is 1. The van der Waals surface area contributed by atoms with Crippen molar-refractivity contribution in [2.24, 2.45) is 5.10 Å². The second-order valence-electron chi connectivity index (χ2n) is 4.90. The molecule has 2 N–H and O–H groups in total. The van der Waals surface area contributed by atoms with Crippen LogP contribution >= 0.6 is 0 Å². The summed E-state index contributed by atoms with van der Waals surface area (Å²) in [5.41, 5.74) is 3.93. The standard InChI is InChI=1S/C18H18N4O3/c1-25-16-7-4-14(5-8-16)6-9-17(23)20-13-18(24)22-21-12-15-3-2-10-19-11-15/h2-12H,13H2,1H3,(H,20,23)(H,22,24)/b9-6+,21-12+. The molecule has 1 heterocycles. The van der Waals surface area contributed by atoms with Gasteiger partial charge < -0.3 is 10.1 Å². The van der Waals surface area contributed by atoms with Crippen molar-refractivity contribution >= 4 is 24.1 Å². The maximum absolute atomic E-state index is 11.7. The van der Waals surface area contributed by atoms with Crippen LogP contribution < -0.4 is 15.5 Å². The highest BCUT2D eigenvalue weighted by molar-refractivity contribution is 5.94. The van der Waals surface area contributed by atoms with Crippen LogP contribution in [0.5, 0.6) is 5.75 Å². The normalized spacial score (nSPS) is 10.8. The number of hydrogen-bond donors (Lipinski definition) is 2. The van der Waals surface area contributed by atoms with Crippen molar-refractivity contribution in [2.45, 2.75) is 0 Å². The van der Waals surface area contributed by atoms with Gasteiger partial charge in [0.2, 0.25) is 5.91 Å². The van der Waals surface area contributed by atoms with Crippen LogP contribution in [0.1, 0.15) is 11.1 Å². The zero-order valence-electron chi connectivity index (χ0n) is 13.7. The highest BCUT2D eigenvalue weighted by Gasteiger charge is 2.01. The van der Waals surface area contributed by atoms with Gasteiger partial charge in [-0.15, -0.1) is 0 Å². The highest BCUT2D eigenvalue weighted by atomic mass is 16.5. The SMILES string of the molecule is COc1ccc(/C=C/C(=O)NCC(=O)N/N=C/c2cccnc2)cc1. The van der Waals surface area contributed by atoms with Crippen molar-refractivity contribution in [3.05, 3.63) is 66.0 Å². The van der Waals surface area contributed by atoms with E-state index in [1.165, 1.54) is 12.3 Å². The Labute approximate surface area is 145 Å². The summed E-state index contributed by atoms with van der Waals surface area (Å²) in [4.78, 5) is 27.2. The first kappa shape index (κ1) is 17.9. The summed E-state index contributed by atoms with van der Waals surface area (Å²) in [6.07, 6.45) is 7.73. The van der Waals surface area contributed by atoms with Crippen molar-refractivity contribution in [3.63, 3.8) is 0 Å². The van der Waals surface area contributed by atoms with E-state index in [0.717, 1.165) is 16.9 Å². The lowest BCUT2D eigenvalue weighted by molar-refractivity contribution is -0.123. The Morgan fingerprint density at radius 3 is 2.68 bits per heavy atom. The van der Waals surface area contributed by atoms with Gasteiger partial charge in [-0.05, 0) is 29.8 Å². The molecule has 7 heteroatoms. The quantitative estimate of drug-likeness (QED) is 0.453.